The van der Waals surface area contributed by atoms with Crippen molar-refractivity contribution in [2.75, 3.05) is 13.2 Å². The fourth-order valence-corrected chi connectivity index (χ4v) is 8.05. The molecule has 0 spiro atoms. The minimum Gasteiger partial charge on any atom is -0.462 e. The zero-order valence-electron chi connectivity index (χ0n) is 41.3. The van der Waals surface area contributed by atoms with Crippen LogP contribution < -0.4 is 0 Å². The van der Waals surface area contributed by atoms with Crippen molar-refractivity contribution in [2.45, 2.75) is 298 Å². The van der Waals surface area contributed by atoms with Gasteiger partial charge in [-0.15, -0.1) is 0 Å². The number of hydrogen-bond donors (Lipinski definition) is 0. The highest BCUT2D eigenvalue weighted by Gasteiger charge is 2.19. The molecule has 60 heavy (non-hydrogen) atoms. The van der Waals surface area contributed by atoms with Crippen LogP contribution in [0.4, 0.5) is 0 Å². The summed E-state index contributed by atoms with van der Waals surface area (Å²) in [6.07, 6.45) is 45.1. The van der Waals surface area contributed by atoms with E-state index in [1.54, 1.807) is 0 Å². The molecule has 2 unspecified atom stereocenters. The Kier molecular flexibility index (Phi) is 44.2. The summed E-state index contributed by atoms with van der Waals surface area (Å²) in [4.78, 5) is 38.0. The van der Waals surface area contributed by atoms with E-state index < -0.39 is 6.10 Å². The van der Waals surface area contributed by atoms with E-state index in [1.807, 2.05) is 0 Å². The maximum absolute atomic E-state index is 12.8. The Morgan fingerprint density at radius 3 is 0.867 bits per heavy atom. The molecule has 0 rings (SSSR count). The Balaban J connectivity index is 4.29. The summed E-state index contributed by atoms with van der Waals surface area (Å²) in [6, 6.07) is 0. The molecule has 0 N–H and O–H groups in total. The molecule has 0 saturated carbocycles. The van der Waals surface area contributed by atoms with Crippen LogP contribution in [0.15, 0.2) is 0 Å². The first-order valence-electron chi connectivity index (χ1n) is 26.7. The second-order valence-corrected chi connectivity index (χ2v) is 19.5. The van der Waals surface area contributed by atoms with Gasteiger partial charge in [0.25, 0.3) is 0 Å². The first-order chi connectivity index (χ1) is 29.2. The van der Waals surface area contributed by atoms with E-state index in [4.69, 9.17) is 14.2 Å². The summed E-state index contributed by atoms with van der Waals surface area (Å²) in [6.45, 7) is 13.7. The van der Waals surface area contributed by atoms with Gasteiger partial charge in [0.1, 0.15) is 13.2 Å². The van der Waals surface area contributed by atoms with Crippen LogP contribution in [-0.2, 0) is 28.6 Å². The molecular weight excluding hydrogens is 745 g/mol. The number of hydrogen-bond acceptors (Lipinski definition) is 6. The van der Waals surface area contributed by atoms with E-state index in [2.05, 4.69) is 41.5 Å². The standard InChI is InChI=1S/C54H104O6/c1-7-49(5)41-35-29-23-17-13-11-9-10-12-14-20-26-33-39-45-54(57)60-51(47-59-53(56)44-38-32-27-21-22-28-34-40-48(3)4)46-58-52(55)43-37-31-25-19-16-15-18-24-30-36-42-50(6)8-2/h48-51H,7-47H2,1-6H3/t49?,50?,51-/m0/s1. The number of rotatable bonds is 47. The van der Waals surface area contributed by atoms with Gasteiger partial charge in [-0.1, -0.05) is 253 Å². The molecule has 6 heteroatoms. The monoisotopic (exact) mass is 849 g/mol. The van der Waals surface area contributed by atoms with Gasteiger partial charge in [0.15, 0.2) is 6.10 Å². The van der Waals surface area contributed by atoms with Crippen molar-refractivity contribution < 1.29 is 28.6 Å². The lowest BCUT2D eigenvalue weighted by Gasteiger charge is -2.18. The molecular formula is C54H104O6. The number of esters is 3. The fraction of sp³-hybridized carbons (Fsp3) is 0.944. The SMILES string of the molecule is CCC(C)CCCCCCCCCCCCCCCCC(=O)O[C@@H](COC(=O)CCCCCCCCCCCCC(C)CC)COC(=O)CCCCCCCCCC(C)C. The van der Waals surface area contributed by atoms with E-state index in [-0.39, 0.29) is 31.1 Å². The summed E-state index contributed by atoms with van der Waals surface area (Å²) in [5.74, 6) is 1.69. The van der Waals surface area contributed by atoms with Crippen LogP contribution in [0.2, 0.25) is 0 Å². The molecule has 0 radical (unpaired) electrons. The van der Waals surface area contributed by atoms with Gasteiger partial charge in [0.2, 0.25) is 0 Å². The van der Waals surface area contributed by atoms with Crippen molar-refractivity contribution in [3.8, 4) is 0 Å². The van der Waals surface area contributed by atoms with Crippen molar-refractivity contribution in [1.29, 1.82) is 0 Å². The fourth-order valence-electron chi connectivity index (χ4n) is 8.05. The minimum absolute atomic E-state index is 0.0651. The molecule has 0 saturated heterocycles. The van der Waals surface area contributed by atoms with Crippen molar-refractivity contribution in [3.63, 3.8) is 0 Å². The topological polar surface area (TPSA) is 78.9 Å². The highest BCUT2D eigenvalue weighted by Crippen LogP contribution is 2.18. The molecule has 356 valence electrons. The zero-order chi connectivity index (χ0) is 44.2. The molecule has 0 aromatic heterocycles. The third kappa shape index (κ3) is 44.5. The molecule has 0 heterocycles. The van der Waals surface area contributed by atoms with Crippen LogP contribution in [0.1, 0.15) is 292 Å². The van der Waals surface area contributed by atoms with Crippen LogP contribution in [0.5, 0.6) is 0 Å². The van der Waals surface area contributed by atoms with Gasteiger partial charge in [0.05, 0.1) is 0 Å². The van der Waals surface area contributed by atoms with E-state index >= 15 is 0 Å². The second kappa shape index (κ2) is 45.4. The van der Waals surface area contributed by atoms with Gasteiger partial charge in [-0.25, -0.2) is 0 Å². The van der Waals surface area contributed by atoms with Crippen molar-refractivity contribution in [1.82, 2.24) is 0 Å². The number of carbonyl (C=O) groups excluding carboxylic acids is 3. The first-order valence-corrected chi connectivity index (χ1v) is 26.7. The summed E-state index contributed by atoms with van der Waals surface area (Å²) in [7, 11) is 0. The van der Waals surface area contributed by atoms with Crippen LogP contribution in [0.3, 0.4) is 0 Å². The summed E-state index contributed by atoms with van der Waals surface area (Å²) in [5.41, 5.74) is 0. The number of carbonyl (C=O) groups is 3. The molecule has 0 aliphatic carbocycles. The van der Waals surface area contributed by atoms with Gasteiger partial charge in [-0.3, -0.25) is 14.4 Å². The molecule has 0 aromatic rings. The van der Waals surface area contributed by atoms with E-state index in [9.17, 15) is 14.4 Å². The number of unbranched alkanes of at least 4 members (excludes halogenated alkanes) is 28. The number of ether oxygens (including phenoxy) is 3. The van der Waals surface area contributed by atoms with Gasteiger partial charge in [-0.2, -0.15) is 0 Å². The van der Waals surface area contributed by atoms with E-state index in [0.717, 1.165) is 75.5 Å². The van der Waals surface area contributed by atoms with E-state index in [1.165, 1.54) is 173 Å². The Labute approximate surface area is 374 Å². The minimum atomic E-state index is -0.763. The third-order valence-corrected chi connectivity index (χ3v) is 12.9. The average Bonchev–Trinajstić information content (AvgIpc) is 3.23. The predicted octanol–water partition coefficient (Wildman–Crippen LogP) is 17.2. The highest BCUT2D eigenvalue weighted by molar-refractivity contribution is 5.71. The molecule has 6 nitrogen and oxygen atoms in total. The van der Waals surface area contributed by atoms with Crippen molar-refractivity contribution in [3.05, 3.63) is 0 Å². The van der Waals surface area contributed by atoms with Crippen LogP contribution >= 0.6 is 0 Å². The zero-order valence-corrected chi connectivity index (χ0v) is 41.3. The molecule has 0 fully saturated rings. The first kappa shape index (κ1) is 58.4. The average molecular weight is 849 g/mol. The quantitative estimate of drug-likeness (QED) is 0.0345. The van der Waals surface area contributed by atoms with Crippen LogP contribution in [-0.4, -0.2) is 37.2 Å². The molecule has 0 bridgehead atoms. The van der Waals surface area contributed by atoms with Gasteiger partial charge >= 0.3 is 17.9 Å². The Bertz CT molecular complexity index is 933. The normalized spacial score (nSPS) is 13.1. The summed E-state index contributed by atoms with van der Waals surface area (Å²) >= 11 is 0. The van der Waals surface area contributed by atoms with Crippen LogP contribution in [0, 0.1) is 17.8 Å². The highest BCUT2D eigenvalue weighted by atomic mass is 16.6. The maximum Gasteiger partial charge on any atom is 0.306 e. The predicted molar refractivity (Wildman–Crippen MR) is 256 cm³/mol. The molecule has 0 aromatic carbocycles. The van der Waals surface area contributed by atoms with Crippen molar-refractivity contribution in [2.24, 2.45) is 17.8 Å². The van der Waals surface area contributed by atoms with Crippen LogP contribution in [0.25, 0.3) is 0 Å². The Morgan fingerprint density at radius 1 is 0.333 bits per heavy atom. The van der Waals surface area contributed by atoms with E-state index in [0.29, 0.717) is 19.3 Å². The largest absolute Gasteiger partial charge is 0.462 e. The third-order valence-electron chi connectivity index (χ3n) is 12.9. The van der Waals surface area contributed by atoms with Gasteiger partial charge in [0, 0.05) is 19.3 Å². The molecule has 0 amide bonds. The lowest BCUT2D eigenvalue weighted by atomic mass is 9.99. The maximum atomic E-state index is 12.8. The summed E-state index contributed by atoms with van der Waals surface area (Å²) in [5, 5.41) is 0. The van der Waals surface area contributed by atoms with Gasteiger partial charge in [-0.05, 0) is 37.0 Å². The van der Waals surface area contributed by atoms with Gasteiger partial charge < -0.3 is 14.2 Å². The molecule has 0 aliphatic heterocycles. The van der Waals surface area contributed by atoms with Crippen molar-refractivity contribution >= 4 is 17.9 Å². The Hall–Kier alpha value is -1.59. The lowest BCUT2D eigenvalue weighted by Crippen LogP contribution is -2.30. The second-order valence-electron chi connectivity index (χ2n) is 19.5. The lowest BCUT2D eigenvalue weighted by molar-refractivity contribution is -0.167. The molecule has 3 atom stereocenters. The summed E-state index contributed by atoms with van der Waals surface area (Å²) < 4.78 is 16.8. The smallest absolute Gasteiger partial charge is 0.306 e. The molecule has 0 aliphatic rings. The Morgan fingerprint density at radius 2 is 0.583 bits per heavy atom.